The van der Waals surface area contributed by atoms with Gasteiger partial charge >= 0.3 is 0 Å². The van der Waals surface area contributed by atoms with Gasteiger partial charge in [-0.25, -0.2) is 0 Å². The van der Waals surface area contributed by atoms with Gasteiger partial charge in [-0.15, -0.1) is 10.2 Å². The number of fused-ring (bicyclic) bond motifs is 2. The van der Waals surface area contributed by atoms with Crippen molar-refractivity contribution in [2.24, 2.45) is 0 Å². The molecule has 3 aromatic heterocycles. The summed E-state index contributed by atoms with van der Waals surface area (Å²) in [5.41, 5.74) is 2.70. The highest BCUT2D eigenvalue weighted by Gasteiger charge is 2.06. The summed E-state index contributed by atoms with van der Waals surface area (Å²) in [6.07, 6.45) is 3.72. The van der Waals surface area contributed by atoms with Crippen LogP contribution in [0.1, 0.15) is 5.82 Å². The standard InChI is InChI=1S/C16H12ClN5/c17-11-4-5-12-13(6-7-18-14(12)9-11)19-10-16-21-20-15-3-1-2-8-22(15)16/h1-9H,10H2,(H,18,19). The molecule has 0 aliphatic heterocycles. The first-order valence-electron chi connectivity index (χ1n) is 6.88. The Balaban J connectivity index is 1.67. The lowest BCUT2D eigenvalue weighted by atomic mass is 10.2. The highest BCUT2D eigenvalue weighted by atomic mass is 35.5. The van der Waals surface area contributed by atoms with E-state index in [0.717, 1.165) is 28.1 Å². The molecule has 5 nitrogen and oxygen atoms in total. The molecule has 0 spiro atoms. The Morgan fingerprint density at radius 1 is 1.09 bits per heavy atom. The van der Waals surface area contributed by atoms with Crippen LogP contribution in [0.4, 0.5) is 5.69 Å². The van der Waals surface area contributed by atoms with Gasteiger partial charge in [0.25, 0.3) is 0 Å². The van der Waals surface area contributed by atoms with E-state index < -0.39 is 0 Å². The van der Waals surface area contributed by atoms with Gasteiger partial charge in [0.05, 0.1) is 12.1 Å². The van der Waals surface area contributed by atoms with Crippen molar-refractivity contribution in [1.29, 1.82) is 0 Å². The van der Waals surface area contributed by atoms with Gasteiger partial charge in [-0.2, -0.15) is 0 Å². The van der Waals surface area contributed by atoms with E-state index in [1.165, 1.54) is 0 Å². The lowest BCUT2D eigenvalue weighted by Gasteiger charge is -2.08. The minimum Gasteiger partial charge on any atom is -0.377 e. The summed E-state index contributed by atoms with van der Waals surface area (Å²) in [6.45, 7) is 0.576. The smallest absolute Gasteiger partial charge is 0.160 e. The number of rotatable bonds is 3. The number of hydrogen-bond donors (Lipinski definition) is 1. The first-order chi connectivity index (χ1) is 10.8. The Morgan fingerprint density at radius 3 is 3.00 bits per heavy atom. The average Bonchev–Trinajstić information content (AvgIpc) is 2.96. The van der Waals surface area contributed by atoms with Gasteiger partial charge in [-0.3, -0.25) is 9.38 Å². The van der Waals surface area contributed by atoms with Gasteiger partial charge in [-0.1, -0.05) is 17.7 Å². The number of anilines is 1. The normalized spacial score (nSPS) is 11.1. The number of benzene rings is 1. The van der Waals surface area contributed by atoms with E-state index in [2.05, 4.69) is 20.5 Å². The summed E-state index contributed by atoms with van der Waals surface area (Å²) in [6, 6.07) is 13.5. The lowest BCUT2D eigenvalue weighted by Crippen LogP contribution is -2.04. The van der Waals surface area contributed by atoms with E-state index in [1.807, 2.05) is 53.1 Å². The Morgan fingerprint density at radius 2 is 2.05 bits per heavy atom. The summed E-state index contributed by atoms with van der Waals surface area (Å²) in [5, 5.41) is 13.5. The summed E-state index contributed by atoms with van der Waals surface area (Å²) < 4.78 is 1.97. The number of pyridine rings is 2. The summed E-state index contributed by atoms with van der Waals surface area (Å²) in [7, 11) is 0. The second-order valence-electron chi connectivity index (χ2n) is 4.92. The van der Waals surface area contributed by atoms with E-state index >= 15 is 0 Å². The van der Waals surface area contributed by atoms with Crippen molar-refractivity contribution in [3.63, 3.8) is 0 Å². The van der Waals surface area contributed by atoms with Crippen LogP contribution in [0.5, 0.6) is 0 Å². The highest BCUT2D eigenvalue weighted by Crippen LogP contribution is 2.24. The first kappa shape index (κ1) is 13.0. The largest absolute Gasteiger partial charge is 0.377 e. The molecule has 0 radical (unpaired) electrons. The third kappa shape index (κ3) is 2.25. The maximum absolute atomic E-state index is 6.01. The van der Waals surface area contributed by atoms with Gasteiger partial charge in [0.1, 0.15) is 0 Å². The maximum Gasteiger partial charge on any atom is 0.160 e. The minimum atomic E-state index is 0.576. The van der Waals surface area contributed by atoms with Crippen LogP contribution >= 0.6 is 11.6 Å². The molecule has 0 aliphatic rings. The van der Waals surface area contributed by atoms with Crippen molar-refractivity contribution in [2.45, 2.75) is 6.54 Å². The van der Waals surface area contributed by atoms with E-state index in [-0.39, 0.29) is 0 Å². The predicted molar refractivity (Wildman–Crippen MR) is 87.1 cm³/mol. The number of aromatic nitrogens is 4. The topological polar surface area (TPSA) is 55.1 Å². The van der Waals surface area contributed by atoms with Gasteiger partial charge in [0.2, 0.25) is 0 Å². The number of hydrogen-bond acceptors (Lipinski definition) is 4. The van der Waals surface area contributed by atoms with Gasteiger partial charge in [-0.05, 0) is 36.4 Å². The second kappa shape index (κ2) is 5.27. The molecule has 1 aromatic carbocycles. The van der Waals surface area contributed by atoms with Gasteiger partial charge < -0.3 is 5.32 Å². The van der Waals surface area contributed by atoms with E-state index in [4.69, 9.17) is 11.6 Å². The summed E-state index contributed by atoms with van der Waals surface area (Å²) in [4.78, 5) is 4.34. The Kier molecular flexibility index (Phi) is 3.12. The van der Waals surface area contributed by atoms with E-state index in [1.54, 1.807) is 6.20 Å². The van der Waals surface area contributed by atoms with Crippen LogP contribution in [0.2, 0.25) is 5.02 Å². The van der Waals surface area contributed by atoms with Crippen molar-refractivity contribution >= 4 is 33.8 Å². The molecule has 0 saturated heterocycles. The molecule has 0 aliphatic carbocycles. The van der Waals surface area contributed by atoms with Crippen LogP contribution in [-0.4, -0.2) is 19.6 Å². The van der Waals surface area contributed by atoms with Crippen molar-refractivity contribution in [3.8, 4) is 0 Å². The minimum absolute atomic E-state index is 0.576. The quantitative estimate of drug-likeness (QED) is 0.629. The molecule has 4 aromatic rings. The maximum atomic E-state index is 6.01. The van der Waals surface area contributed by atoms with Crippen molar-refractivity contribution in [2.75, 3.05) is 5.32 Å². The predicted octanol–water partition coefficient (Wildman–Crippen LogP) is 3.54. The molecule has 0 atom stereocenters. The van der Waals surface area contributed by atoms with Crippen LogP contribution in [0.3, 0.4) is 0 Å². The molecule has 0 amide bonds. The van der Waals surface area contributed by atoms with Crippen LogP contribution in [0, 0.1) is 0 Å². The molecule has 22 heavy (non-hydrogen) atoms. The average molecular weight is 310 g/mol. The molecule has 108 valence electrons. The van der Waals surface area contributed by atoms with E-state index in [9.17, 15) is 0 Å². The molecule has 0 unspecified atom stereocenters. The molecular formula is C16H12ClN5. The number of nitrogens with one attached hydrogen (secondary N) is 1. The molecule has 4 rings (SSSR count). The first-order valence-corrected chi connectivity index (χ1v) is 7.26. The fraction of sp³-hybridized carbons (Fsp3) is 0.0625. The second-order valence-corrected chi connectivity index (χ2v) is 5.36. The molecular weight excluding hydrogens is 298 g/mol. The lowest BCUT2D eigenvalue weighted by molar-refractivity contribution is 0.918. The van der Waals surface area contributed by atoms with Crippen molar-refractivity contribution in [1.82, 2.24) is 19.6 Å². The summed E-state index contributed by atoms with van der Waals surface area (Å²) >= 11 is 6.01. The fourth-order valence-electron chi connectivity index (χ4n) is 2.46. The zero-order valence-corrected chi connectivity index (χ0v) is 12.3. The third-order valence-electron chi connectivity index (χ3n) is 3.53. The molecule has 0 saturated carbocycles. The van der Waals surface area contributed by atoms with Crippen LogP contribution in [-0.2, 0) is 6.54 Å². The van der Waals surface area contributed by atoms with Crippen molar-refractivity contribution < 1.29 is 0 Å². The highest BCUT2D eigenvalue weighted by molar-refractivity contribution is 6.31. The zero-order valence-electron chi connectivity index (χ0n) is 11.6. The van der Waals surface area contributed by atoms with Gasteiger partial charge in [0, 0.05) is 28.5 Å². The zero-order chi connectivity index (χ0) is 14.9. The monoisotopic (exact) mass is 309 g/mol. The van der Waals surface area contributed by atoms with Gasteiger partial charge in [0.15, 0.2) is 11.5 Å². The van der Waals surface area contributed by atoms with Crippen LogP contribution in [0.25, 0.3) is 16.6 Å². The molecule has 6 heteroatoms. The Labute approximate surface area is 131 Å². The fourth-order valence-corrected chi connectivity index (χ4v) is 2.63. The Bertz CT molecular complexity index is 963. The van der Waals surface area contributed by atoms with Crippen molar-refractivity contribution in [3.05, 3.63) is 65.7 Å². The SMILES string of the molecule is Clc1ccc2c(NCc3nnc4ccccn34)ccnc2c1. The van der Waals surface area contributed by atoms with Crippen LogP contribution < -0.4 is 5.32 Å². The Hall–Kier alpha value is -2.66. The number of nitrogens with zero attached hydrogens (tertiary/aromatic N) is 4. The number of halogens is 1. The van der Waals surface area contributed by atoms with Crippen LogP contribution in [0.15, 0.2) is 54.9 Å². The molecule has 1 N–H and O–H groups in total. The summed E-state index contributed by atoms with van der Waals surface area (Å²) in [5.74, 6) is 0.856. The third-order valence-corrected chi connectivity index (χ3v) is 3.76. The molecule has 0 fully saturated rings. The molecule has 0 bridgehead atoms. The van der Waals surface area contributed by atoms with E-state index in [0.29, 0.717) is 11.6 Å². The molecule has 3 heterocycles.